The minimum Gasteiger partial charge on any atom is -0.348 e. The highest BCUT2D eigenvalue weighted by Gasteiger charge is 2.67. The Morgan fingerprint density at radius 2 is 2.17 bits per heavy atom. The molecule has 5 unspecified atom stereocenters. The zero-order valence-corrected chi connectivity index (χ0v) is 13.6. The first kappa shape index (κ1) is 13.5. The molecule has 0 saturated carbocycles. The number of aromatic nitrogens is 2. The van der Waals surface area contributed by atoms with Gasteiger partial charge in [0.2, 0.25) is 0 Å². The molecular formula is C18H22N4O. The molecule has 5 rings (SSSR count). The van der Waals surface area contributed by atoms with Crippen molar-refractivity contribution in [2.75, 3.05) is 0 Å². The van der Waals surface area contributed by atoms with Gasteiger partial charge in [-0.25, -0.2) is 0 Å². The second kappa shape index (κ2) is 4.35. The number of carbonyl (C=O) groups excluding carboxylic acids is 1. The van der Waals surface area contributed by atoms with Gasteiger partial charge in [0.1, 0.15) is 0 Å². The minimum atomic E-state index is -0.0260. The standard InChI is InChI=1S/C18H22N4O/c1-18-8-7-12-9-11(10-15(18)22(12)18)19-17(23)16-13-5-3-4-6-14(13)21(2)20-16/h3-6,11-12,15H,7-10H2,1-2H3,(H,19,23). The number of benzene rings is 1. The quantitative estimate of drug-likeness (QED) is 0.864. The summed E-state index contributed by atoms with van der Waals surface area (Å²) in [4.78, 5) is 15.4. The summed E-state index contributed by atoms with van der Waals surface area (Å²) in [6, 6.07) is 9.56. The summed E-state index contributed by atoms with van der Waals surface area (Å²) in [5.74, 6) is -0.0260. The minimum absolute atomic E-state index is 0.0260. The number of para-hydroxylation sites is 1. The largest absolute Gasteiger partial charge is 0.348 e. The van der Waals surface area contributed by atoms with E-state index in [2.05, 4.69) is 22.2 Å². The highest BCUT2D eigenvalue weighted by atomic mass is 16.2. The average molecular weight is 310 g/mol. The number of aryl methyl sites for hydroxylation is 1. The molecule has 2 aromatic rings. The number of hydrogen-bond acceptors (Lipinski definition) is 3. The second-order valence-corrected chi connectivity index (χ2v) is 7.60. The molecule has 1 N–H and O–H groups in total. The van der Waals surface area contributed by atoms with Gasteiger partial charge in [0, 0.05) is 36.1 Å². The molecule has 0 aliphatic carbocycles. The van der Waals surface area contributed by atoms with Crippen LogP contribution in [0.4, 0.5) is 0 Å². The highest BCUT2D eigenvalue weighted by molar-refractivity contribution is 6.04. The van der Waals surface area contributed by atoms with Gasteiger partial charge in [-0.2, -0.15) is 5.10 Å². The van der Waals surface area contributed by atoms with Crippen molar-refractivity contribution < 1.29 is 4.79 Å². The van der Waals surface area contributed by atoms with E-state index in [1.54, 1.807) is 4.68 Å². The maximum atomic E-state index is 12.7. The predicted octanol–water partition coefficient (Wildman–Crippen LogP) is 2.07. The molecule has 3 saturated heterocycles. The molecular weight excluding hydrogens is 288 g/mol. The van der Waals surface area contributed by atoms with Gasteiger partial charge in [-0.1, -0.05) is 18.2 Å². The van der Waals surface area contributed by atoms with E-state index >= 15 is 0 Å². The van der Waals surface area contributed by atoms with Gasteiger partial charge >= 0.3 is 0 Å². The summed E-state index contributed by atoms with van der Waals surface area (Å²) in [5.41, 5.74) is 1.99. The van der Waals surface area contributed by atoms with Crippen LogP contribution in [0, 0.1) is 0 Å². The fourth-order valence-corrected chi connectivity index (χ4v) is 5.14. The van der Waals surface area contributed by atoms with Crippen molar-refractivity contribution in [2.45, 2.75) is 56.3 Å². The van der Waals surface area contributed by atoms with Crippen LogP contribution in [0.1, 0.15) is 43.1 Å². The number of hydrogen-bond donors (Lipinski definition) is 1. The normalized spacial score (nSPS) is 37.7. The Hall–Kier alpha value is -1.88. The molecule has 5 atom stereocenters. The number of piperidine rings is 2. The average Bonchev–Trinajstić information content (AvgIpc) is 2.83. The van der Waals surface area contributed by atoms with Gasteiger partial charge in [-0.05, 0) is 38.7 Å². The number of amides is 1. The number of nitrogens with zero attached hydrogens (tertiary/aromatic N) is 3. The van der Waals surface area contributed by atoms with Crippen LogP contribution in [-0.2, 0) is 7.05 Å². The van der Waals surface area contributed by atoms with Crippen molar-refractivity contribution in [3.8, 4) is 0 Å². The van der Waals surface area contributed by atoms with Crippen molar-refractivity contribution >= 4 is 16.8 Å². The molecule has 120 valence electrons. The third kappa shape index (κ3) is 1.77. The van der Waals surface area contributed by atoms with Crippen LogP contribution in [0.3, 0.4) is 0 Å². The van der Waals surface area contributed by atoms with Crippen molar-refractivity contribution in [3.05, 3.63) is 30.0 Å². The van der Waals surface area contributed by atoms with Gasteiger partial charge in [0.05, 0.1) is 5.52 Å². The Bertz CT molecular complexity index is 804. The van der Waals surface area contributed by atoms with Crippen LogP contribution in [-0.4, -0.2) is 44.3 Å². The van der Waals surface area contributed by atoms with Gasteiger partial charge in [-0.3, -0.25) is 14.4 Å². The second-order valence-electron chi connectivity index (χ2n) is 7.60. The summed E-state index contributed by atoms with van der Waals surface area (Å²) in [6.07, 6.45) is 4.78. The number of nitrogens with one attached hydrogen (secondary N) is 1. The molecule has 5 nitrogen and oxygen atoms in total. The Labute approximate surface area is 135 Å². The molecule has 5 heteroatoms. The van der Waals surface area contributed by atoms with Crippen molar-refractivity contribution in [3.63, 3.8) is 0 Å². The lowest BCUT2D eigenvalue weighted by atomic mass is 9.88. The maximum absolute atomic E-state index is 12.7. The van der Waals surface area contributed by atoms with E-state index in [0.717, 1.165) is 23.7 Å². The first-order chi connectivity index (χ1) is 11.1. The SMILES string of the molecule is Cn1nc(C(=O)NC2CC3CCC4(C)C(C2)N34)c2ccccc21. The van der Waals surface area contributed by atoms with Crippen molar-refractivity contribution in [2.24, 2.45) is 7.05 Å². The zero-order chi connectivity index (χ0) is 15.8. The van der Waals surface area contributed by atoms with E-state index in [1.807, 2.05) is 31.3 Å². The van der Waals surface area contributed by atoms with Gasteiger partial charge < -0.3 is 5.32 Å². The van der Waals surface area contributed by atoms with Crippen molar-refractivity contribution in [1.82, 2.24) is 20.0 Å². The lowest BCUT2D eigenvalue weighted by Crippen LogP contribution is -2.43. The van der Waals surface area contributed by atoms with E-state index in [4.69, 9.17) is 0 Å². The smallest absolute Gasteiger partial charge is 0.272 e. The summed E-state index contributed by atoms with van der Waals surface area (Å²) >= 11 is 0. The molecule has 0 bridgehead atoms. The van der Waals surface area contributed by atoms with E-state index in [9.17, 15) is 4.79 Å². The van der Waals surface area contributed by atoms with E-state index in [-0.39, 0.29) is 11.9 Å². The summed E-state index contributed by atoms with van der Waals surface area (Å²) in [5, 5.41) is 8.63. The zero-order valence-electron chi connectivity index (χ0n) is 13.6. The molecule has 23 heavy (non-hydrogen) atoms. The first-order valence-electron chi connectivity index (χ1n) is 8.59. The van der Waals surface area contributed by atoms with Crippen LogP contribution in [0.25, 0.3) is 10.9 Å². The van der Waals surface area contributed by atoms with Gasteiger partial charge in [-0.15, -0.1) is 0 Å². The van der Waals surface area contributed by atoms with Crippen LogP contribution in [0.5, 0.6) is 0 Å². The predicted molar refractivity (Wildman–Crippen MR) is 88.3 cm³/mol. The van der Waals surface area contributed by atoms with Crippen LogP contribution in [0.15, 0.2) is 24.3 Å². The fraction of sp³-hybridized carbons (Fsp3) is 0.556. The Morgan fingerprint density at radius 1 is 1.35 bits per heavy atom. The molecule has 3 aliphatic heterocycles. The number of rotatable bonds is 2. The molecule has 3 aliphatic rings. The van der Waals surface area contributed by atoms with E-state index in [1.165, 1.54) is 12.8 Å². The molecule has 0 radical (unpaired) electrons. The molecule has 1 aromatic heterocycles. The number of carbonyl (C=O) groups is 1. The van der Waals surface area contributed by atoms with Crippen LogP contribution >= 0.6 is 0 Å². The highest BCUT2D eigenvalue weighted by Crippen LogP contribution is 2.58. The van der Waals surface area contributed by atoms with Crippen LogP contribution in [0.2, 0.25) is 0 Å². The van der Waals surface area contributed by atoms with Crippen molar-refractivity contribution in [1.29, 1.82) is 0 Å². The monoisotopic (exact) mass is 310 g/mol. The summed E-state index contributed by atoms with van der Waals surface area (Å²) < 4.78 is 1.79. The lowest BCUT2D eigenvalue weighted by Gasteiger charge is -2.29. The topological polar surface area (TPSA) is 49.9 Å². The van der Waals surface area contributed by atoms with Gasteiger partial charge in [0.15, 0.2) is 5.69 Å². The third-order valence-corrected chi connectivity index (χ3v) is 6.33. The van der Waals surface area contributed by atoms with Crippen LogP contribution < -0.4 is 5.32 Å². The molecule has 4 heterocycles. The Kier molecular flexibility index (Phi) is 2.56. The molecule has 1 amide bonds. The number of fused-ring (bicyclic) bond motifs is 2. The Balaban J connectivity index is 1.38. The molecule has 3 fully saturated rings. The molecule has 0 spiro atoms. The molecule has 1 aromatic carbocycles. The first-order valence-corrected chi connectivity index (χ1v) is 8.59. The Morgan fingerprint density at radius 3 is 3.00 bits per heavy atom. The van der Waals surface area contributed by atoms with E-state index < -0.39 is 0 Å². The van der Waals surface area contributed by atoms with Gasteiger partial charge in [0.25, 0.3) is 5.91 Å². The maximum Gasteiger partial charge on any atom is 0.272 e. The third-order valence-electron chi connectivity index (χ3n) is 6.33. The lowest BCUT2D eigenvalue weighted by molar-refractivity contribution is 0.0913. The summed E-state index contributed by atoms with van der Waals surface area (Å²) in [7, 11) is 1.89. The fourth-order valence-electron chi connectivity index (χ4n) is 5.14. The van der Waals surface area contributed by atoms with E-state index in [0.29, 0.717) is 23.3 Å². The summed E-state index contributed by atoms with van der Waals surface area (Å²) in [6.45, 7) is 2.38.